The van der Waals surface area contributed by atoms with Crippen LogP contribution in [-0.4, -0.2) is 26.7 Å². The Bertz CT molecular complexity index is 1230. The summed E-state index contributed by atoms with van der Waals surface area (Å²) in [6, 6.07) is 27.2. The van der Waals surface area contributed by atoms with Crippen LogP contribution in [-0.2, 0) is 5.54 Å². The minimum absolute atomic E-state index is 0.0463. The second-order valence-corrected chi connectivity index (χ2v) is 10.7. The topological polar surface area (TPSA) is 71.1 Å². The number of nitro groups is 1. The lowest BCUT2D eigenvalue weighted by Gasteiger charge is -2.36. The van der Waals surface area contributed by atoms with E-state index in [1.54, 1.807) is 18.2 Å². The Labute approximate surface area is 211 Å². The van der Waals surface area contributed by atoms with Crippen LogP contribution in [0.15, 0.2) is 94.9 Å². The van der Waals surface area contributed by atoms with Gasteiger partial charge in [0.1, 0.15) is 10.7 Å². The lowest BCUT2D eigenvalue weighted by molar-refractivity contribution is -0.384. The number of nitro benzene ring substituents is 1. The van der Waals surface area contributed by atoms with Gasteiger partial charge in [0.15, 0.2) is 10.7 Å². The Morgan fingerprint density at radius 1 is 0.914 bits per heavy atom. The Kier molecular flexibility index (Phi) is 6.81. The zero-order chi connectivity index (χ0) is 25.2. The number of thioether (sulfide) groups is 1. The lowest BCUT2D eigenvalue weighted by Crippen LogP contribution is -2.44. The van der Waals surface area contributed by atoms with Gasteiger partial charge in [0.25, 0.3) is 5.69 Å². The summed E-state index contributed by atoms with van der Waals surface area (Å²) in [4.78, 5) is 24.0. The SMILES string of the molecule is CC(C)N=C1SC(N(c2ccccc2[N+](=O)[O-])C(C)(C)C)=NC1(c1ccccc1)c1ccccc1. The highest BCUT2D eigenvalue weighted by molar-refractivity contribution is 8.27. The minimum Gasteiger partial charge on any atom is -0.310 e. The van der Waals surface area contributed by atoms with Crippen LogP contribution in [0.5, 0.6) is 0 Å². The monoisotopic (exact) mass is 486 g/mol. The first-order valence-corrected chi connectivity index (χ1v) is 12.5. The van der Waals surface area contributed by atoms with Gasteiger partial charge in [-0.2, -0.15) is 0 Å². The van der Waals surface area contributed by atoms with Crippen LogP contribution in [0.3, 0.4) is 0 Å². The van der Waals surface area contributed by atoms with Gasteiger partial charge in [-0.15, -0.1) is 0 Å². The molecule has 0 aliphatic carbocycles. The standard InChI is InChI=1S/C28H30N4O2S/c1-20(2)29-25-28(21-14-8-6-9-15-21,22-16-10-7-11-17-22)30-26(35-25)31(27(3,4)5)23-18-12-13-19-24(23)32(33)34/h6-20H,1-5H3. The number of rotatable bonds is 5. The molecule has 0 aromatic heterocycles. The van der Waals surface area contributed by atoms with Crippen molar-refractivity contribution < 1.29 is 4.92 Å². The van der Waals surface area contributed by atoms with E-state index in [9.17, 15) is 10.1 Å². The second-order valence-electron chi connectivity index (χ2n) is 9.72. The number of aliphatic imine (C=N–C) groups is 2. The summed E-state index contributed by atoms with van der Waals surface area (Å²) in [5.74, 6) is 0. The first kappa shape index (κ1) is 24.7. The van der Waals surface area contributed by atoms with Crippen molar-refractivity contribution in [3.05, 3.63) is 106 Å². The highest BCUT2D eigenvalue weighted by Gasteiger charge is 2.48. The van der Waals surface area contributed by atoms with Crippen LogP contribution in [0.2, 0.25) is 0 Å². The summed E-state index contributed by atoms with van der Waals surface area (Å²) in [6.07, 6.45) is 0. The third kappa shape index (κ3) is 4.73. The van der Waals surface area contributed by atoms with Gasteiger partial charge in [-0.1, -0.05) is 72.8 Å². The van der Waals surface area contributed by atoms with Gasteiger partial charge in [0, 0.05) is 17.6 Å². The smallest absolute Gasteiger partial charge is 0.292 e. The molecule has 1 heterocycles. The fourth-order valence-corrected chi connectivity index (χ4v) is 5.80. The summed E-state index contributed by atoms with van der Waals surface area (Å²) >= 11 is 1.49. The molecule has 1 aliphatic heterocycles. The highest BCUT2D eigenvalue weighted by atomic mass is 32.2. The van der Waals surface area contributed by atoms with E-state index in [2.05, 4.69) is 38.1 Å². The minimum atomic E-state index is -0.847. The van der Waals surface area contributed by atoms with Crippen molar-refractivity contribution >= 4 is 33.3 Å². The predicted octanol–water partition coefficient (Wildman–Crippen LogP) is 7.05. The normalized spacial score (nSPS) is 16.4. The predicted molar refractivity (Wildman–Crippen MR) is 147 cm³/mol. The lowest BCUT2D eigenvalue weighted by atomic mass is 9.84. The van der Waals surface area contributed by atoms with Gasteiger partial charge in [0.05, 0.1) is 4.92 Å². The molecule has 0 bridgehead atoms. The second kappa shape index (κ2) is 9.66. The molecule has 4 rings (SSSR count). The summed E-state index contributed by atoms with van der Waals surface area (Å²) < 4.78 is 0. The van der Waals surface area contributed by atoms with E-state index in [4.69, 9.17) is 9.98 Å². The Morgan fingerprint density at radius 2 is 1.43 bits per heavy atom. The zero-order valence-electron chi connectivity index (χ0n) is 20.7. The van der Waals surface area contributed by atoms with Crippen LogP contribution in [0.4, 0.5) is 11.4 Å². The van der Waals surface area contributed by atoms with Gasteiger partial charge in [0.2, 0.25) is 0 Å². The number of para-hydroxylation sites is 2. The van der Waals surface area contributed by atoms with E-state index in [1.807, 2.05) is 68.1 Å². The molecular weight excluding hydrogens is 456 g/mol. The molecule has 0 saturated carbocycles. The number of hydrogen-bond acceptors (Lipinski definition) is 6. The molecule has 3 aromatic carbocycles. The van der Waals surface area contributed by atoms with Gasteiger partial charge >= 0.3 is 0 Å². The molecule has 0 fully saturated rings. The molecule has 0 amide bonds. The highest BCUT2D eigenvalue weighted by Crippen LogP contribution is 2.48. The summed E-state index contributed by atoms with van der Waals surface area (Å²) in [5.41, 5.74) is 1.24. The van der Waals surface area contributed by atoms with Crippen molar-refractivity contribution in [3.63, 3.8) is 0 Å². The van der Waals surface area contributed by atoms with Crippen LogP contribution in [0.1, 0.15) is 45.7 Å². The first-order valence-electron chi connectivity index (χ1n) is 11.7. The fraction of sp³-hybridized carbons (Fsp3) is 0.286. The van der Waals surface area contributed by atoms with E-state index in [1.165, 1.54) is 11.8 Å². The summed E-state index contributed by atoms with van der Waals surface area (Å²) in [5, 5.41) is 13.5. The third-order valence-corrected chi connectivity index (χ3v) is 6.75. The van der Waals surface area contributed by atoms with Crippen molar-refractivity contribution in [2.75, 3.05) is 4.90 Å². The number of nitrogens with zero attached hydrogens (tertiary/aromatic N) is 4. The molecule has 0 atom stereocenters. The Morgan fingerprint density at radius 3 is 1.91 bits per heavy atom. The molecule has 0 saturated heterocycles. The molecule has 180 valence electrons. The van der Waals surface area contributed by atoms with E-state index >= 15 is 0 Å². The third-order valence-electron chi connectivity index (χ3n) is 5.70. The molecule has 0 spiro atoms. The maximum atomic E-state index is 12.0. The molecule has 0 unspecified atom stereocenters. The Hall–Kier alpha value is -3.45. The number of benzene rings is 3. The zero-order valence-corrected chi connectivity index (χ0v) is 21.5. The average molecular weight is 487 g/mol. The van der Waals surface area contributed by atoms with E-state index in [0.717, 1.165) is 16.2 Å². The van der Waals surface area contributed by atoms with Gasteiger partial charge in [-0.25, -0.2) is 4.99 Å². The maximum absolute atomic E-state index is 12.0. The number of anilines is 1. The van der Waals surface area contributed by atoms with Crippen molar-refractivity contribution in [2.45, 2.75) is 51.7 Å². The molecule has 0 N–H and O–H groups in total. The molecule has 35 heavy (non-hydrogen) atoms. The first-order chi connectivity index (χ1) is 16.6. The average Bonchev–Trinajstić information content (AvgIpc) is 3.18. The van der Waals surface area contributed by atoms with Gasteiger partial charge in [-0.05, 0) is 63.6 Å². The quantitative estimate of drug-likeness (QED) is 0.286. The van der Waals surface area contributed by atoms with Gasteiger partial charge in [-0.3, -0.25) is 15.1 Å². The van der Waals surface area contributed by atoms with Crippen molar-refractivity contribution in [1.82, 2.24) is 0 Å². The largest absolute Gasteiger partial charge is 0.310 e. The molecule has 1 aliphatic rings. The van der Waals surface area contributed by atoms with E-state index in [0.29, 0.717) is 10.9 Å². The molecule has 6 nitrogen and oxygen atoms in total. The van der Waals surface area contributed by atoms with Gasteiger partial charge < -0.3 is 4.90 Å². The van der Waals surface area contributed by atoms with Crippen molar-refractivity contribution in [3.8, 4) is 0 Å². The van der Waals surface area contributed by atoms with Crippen LogP contribution in [0, 0.1) is 10.1 Å². The molecule has 7 heteroatoms. The molecule has 0 radical (unpaired) electrons. The summed E-state index contributed by atoms with van der Waals surface area (Å²) in [6.45, 7) is 10.2. The number of hydrogen-bond donors (Lipinski definition) is 0. The van der Waals surface area contributed by atoms with Crippen LogP contribution < -0.4 is 4.90 Å². The van der Waals surface area contributed by atoms with Crippen molar-refractivity contribution in [1.29, 1.82) is 0 Å². The summed E-state index contributed by atoms with van der Waals surface area (Å²) in [7, 11) is 0. The molecular formula is C28H30N4O2S. The molecule has 3 aromatic rings. The number of amidine groups is 1. The van der Waals surface area contributed by atoms with E-state index in [-0.39, 0.29) is 16.7 Å². The van der Waals surface area contributed by atoms with Crippen molar-refractivity contribution in [2.24, 2.45) is 9.98 Å². The Balaban J connectivity index is 2.04. The van der Waals surface area contributed by atoms with Crippen LogP contribution >= 0.6 is 11.8 Å². The van der Waals surface area contributed by atoms with Crippen LogP contribution in [0.25, 0.3) is 0 Å². The van der Waals surface area contributed by atoms with E-state index < -0.39 is 11.1 Å². The maximum Gasteiger partial charge on any atom is 0.292 e. The fourth-order valence-electron chi connectivity index (χ4n) is 4.28.